The van der Waals surface area contributed by atoms with Gasteiger partial charge in [0.15, 0.2) is 0 Å². The van der Waals surface area contributed by atoms with Crippen molar-refractivity contribution in [2.75, 3.05) is 23.7 Å². The molecule has 0 unspecified atom stereocenters. The Bertz CT molecular complexity index is 400. The van der Waals surface area contributed by atoms with Gasteiger partial charge in [-0.1, -0.05) is 6.92 Å². The number of anilines is 2. The molecule has 2 fully saturated rings. The number of aromatic nitrogens is 2. The maximum absolute atomic E-state index is 4.51. The number of nitrogens with zero attached hydrogens (tertiary/aromatic N) is 2. The lowest BCUT2D eigenvalue weighted by atomic mass is 9.98. The van der Waals surface area contributed by atoms with Crippen molar-refractivity contribution in [3.05, 3.63) is 12.3 Å². The minimum atomic E-state index is 0.737. The third-order valence-electron chi connectivity index (χ3n) is 4.16. The summed E-state index contributed by atoms with van der Waals surface area (Å²) in [5, 5.41) is 6.74. The Labute approximate surface area is 115 Å². The third-order valence-corrected chi connectivity index (χ3v) is 4.16. The summed E-state index contributed by atoms with van der Waals surface area (Å²) in [4.78, 5) is 8.75. The highest BCUT2D eigenvalue weighted by molar-refractivity contribution is 5.39. The van der Waals surface area contributed by atoms with Crippen LogP contribution >= 0.6 is 0 Å². The molecule has 0 saturated heterocycles. The Kier molecular flexibility index (Phi) is 3.85. The Balaban J connectivity index is 1.53. The number of rotatable bonds is 8. The van der Waals surface area contributed by atoms with E-state index in [9.17, 15) is 0 Å². The molecule has 0 bridgehead atoms. The topological polar surface area (TPSA) is 49.8 Å². The van der Waals surface area contributed by atoms with E-state index in [-0.39, 0.29) is 0 Å². The van der Waals surface area contributed by atoms with Crippen LogP contribution in [0.4, 0.5) is 11.8 Å². The van der Waals surface area contributed by atoms with E-state index in [1.807, 2.05) is 12.3 Å². The first-order chi connectivity index (χ1) is 9.36. The predicted molar refractivity (Wildman–Crippen MR) is 78.2 cm³/mol. The average molecular weight is 260 g/mol. The average Bonchev–Trinajstić information content (AvgIpc) is 3.29. The summed E-state index contributed by atoms with van der Waals surface area (Å²) in [6.45, 7) is 4.15. The normalized spacial score (nSPS) is 18.6. The smallest absolute Gasteiger partial charge is 0.224 e. The zero-order valence-electron chi connectivity index (χ0n) is 11.7. The number of nitrogens with one attached hydrogen (secondary N) is 2. The van der Waals surface area contributed by atoms with E-state index in [0.29, 0.717) is 0 Å². The third kappa shape index (κ3) is 3.58. The summed E-state index contributed by atoms with van der Waals surface area (Å²) in [6.07, 6.45) is 8.68. The van der Waals surface area contributed by atoms with Crippen LogP contribution in [0.1, 0.15) is 39.0 Å². The Hall–Kier alpha value is -1.32. The highest BCUT2D eigenvalue weighted by Gasteiger charge is 2.40. The molecule has 4 nitrogen and oxygen atoms in total. The van der Waals surface area contributed by atoms with Gasteiger partial charge in [-0.3, -0.25) is 0 Å². The van der Waals surface area contributed by atoms with Crippen LogP contribution in [0.25, 0.3) is 0 Å². The molecular weight excluding hydrogens is 236 g/mol. The molecule has 0 aromatic carbocycles. The van der Waals surface area contributed by atoms with Gasteiger partial charge in [0.25, 0.3) is 0 Å². The van der Waals surface area contributed by atoms with Gasteiger partial charge >= 0.3 is 0 Å². The zero-order chi connectivity index (χ0) is 13.1. The Morgan fingerprint density at radius 1 is 1.21 bits per heavy atom. The lowest BCUT2D eigenvalue weighted by Gasteiger charge is -2.16. The van der Waals surface area contributed by atoms with E-state index in [1.54, 1.807) is 0 Å². The first-order valence-corrected chi connectivity index (χ1v) is 7.67. The molecule has 0 aliphatic heterocycles. The molecule has 0 radical (unpaired) electrons. The van der Waals surface area contributed by atoms with Crippen molar-refractivity contribution in [2.45, 2.75) is 39.0 Å². The molecule has 3 rings (SSSR count). The van der Waals surface area contributed by atoms with Crippen LogP contribution in [0.2, 0.25) is 0 Å². The van der Waals surface area contributed by atoms with E-state index < -0.39 is 0 Å². The minimum Gasteiger partial charge on any atom is -0.370 e. The highest BCUT2D eigenvalue weighted by atomic mass is 15.1. The van der Waals surface area contributed by atoms with Crippen LogP contribution in [0.15, 0.2) is 12.3 Å². The van der Waals surface area contributed by atoms with Gasteiger partial charge in [-0.25, -0.2) is 4.98 Å². The molecule has 19 heavy (non-hydrogen) atoms. The van der Waals surface area contributed by atoms with E-state index in [1.165, 1.54) is 25.7 Å². The largest absolute Gasteiger partial charge is 0.370 e. The lowest BCUT2D eigenvalue weighted by Crippen LogP contribution is -2.19. The van der Waals surface area contributed by atoms with E-state index >= 15 is 0 Å². The molecule has 2 N–H and O–H groups in total. The van der Waals surface area contributed by atoms with Crippen molar-refractivity contribution in [1.82, 2.24) is 9.97 Å². The van der Waals surface area contributed by atoms with E-state index in [4.69, 9.17) is 0 Å². The fraction of sp³-hybridized carbons (Fsp3) is 0.733. The monoisotopic (exact) mass is 260 g/mol. The van der Waals surface area contributed by atoms with Crippen LogP contribution in [0.5, 0.6) is 0 Å². The SMILES string of the molecule is CCCNc1nccc(NCC(C2CC2)C2CC2)n1. The predicted octanol–water partition coefficient (Wildman–Crippen LogP) is 3.15. The van der Waals surface area contributed by atoms with Gasteiger partial charge in [0.1, 0.15) is 5.82 Å². The fourth-order valence-electron chi connectivity index (χ4n) is 2.77. The quantitative estimate of drug-likeness (QED) is 0.754. The highest BCUT2D eigenvalue weighted by Crippen LogP contribution is 2.49. The second-order valence-corrected chi connectivity index (χ2v) is 5.91. The van der Waals surface area contributed by atoms with Crippen LogP contribution < -0.4 is 10.6 Å². The Morgan fingerprint density at radius 2 is 1.95 bits per heavy atom. The van der Waals surface area contributed by atoms with Crippen molar-refractivity contribution in [1.29, 1.82) is 0 Å². The second-order valence-electron chi connectivity index (χ2n) is 5.91. The molecule has 0 amide bonds. The van der Waals surface area contributed by atoms with Crippen molar-refractivity contribution >= 4 is 11.8 Å². The van der Waals surface area contributed by atoms with Crippen LogP contribution in [0.3, 0.4) is 0 Å². The van der Waals surface area contributed by atoms with Gasteiger partial charge < -0.3 is 10.6 Å². The van der Waals surface area contributed by atoms with Crippen molar-refractivity contribution in [3.63, 3.8) is 0 Å². The first-order valence-electron chi connectivity index (χ1n) is 7.67. The van der Waals surface area contributed by atoms with E-state index in [0.717, 1.165) is 49.0 Å². The minimum absolute atomic E-state index is 0.737. The molecule has 2 aliphatic carbocycles. The van der Waals surface area contributed by atoms with Gasteiger partial charge in [-0.05, 0) is 55.9 Å². The van der Waals surface area contributed by atoms with Gasteiger partial charge in [-0.15, -0.1) is 0 Å². The van der Waals surface area contributed by atoms with Crippen molar-refractivity contribution in [3.8, 4) is 0 Å². The fourth-order valence-corrected chi connectivity index (χ4v) is 2.77. The van der Waals surface area contributed by atoms with Gasteiger partial charge in [0, 0.05) is 19.3 Å². The number of hydrogen-bond donors (Lipinski definition) is 2. The van der Waals surface area contributed by atoms with Crippen LogP contribution in [-0.2, 0) is 0 Å². The van der Waals surface area contributed by atoms with E-state index in [2.05, 4.69) is 27.5 Å². The second kappa shape index (κ2) is 5.76. The van der Waals surface area contributed by atoms with Gasteiger partial charge in [-0.2, -0.15) is 4.98 Å². The van der Waals surface area contributed by atoms with Crippen LogP contribution in [0, 0.1) is 17.8 Å². The Morgan fingerprint density at radius 3 is 2.58 bits per heavy atom. The summed E-state index contributed by atoms with van der Waals surface area (Å²) in [5.74, 6) is 4.54. The summed E-state index contributed by atoms with van der Waals surface area (Å²) in [6, 6.07) is 1.97. The van der Waals surface area contributed by atoms with Gasteiger partial charge in [0.05, 0.1) is 0 Å². The molecule has 104 valence electrons. The zero-order valence-corrected chi connectivity index (χ0v) is 11.7. The molecule has 4 heteroatoms. The van der Waals surface area contributed by atoms with Crippen LogP contribution in [-0.4, -0.2) is 23.1 Å². The summed E-state index contributed by atoms with van der Waals surface area (Å²) in [5.41, 5.74) is 0. The lowest BCUT2D eigenvalue weighted by molar-refractivity contribution is 0.427. The molecule has 0 spiro atoms. The summed E-state index contributed by atoms with van der Waals surface area (Å²) < 4.78 is 0. The van der Waals surface area contributed by atoms with Crippen molar-refractivity contribution < 1.29 is 0 Å². The molecule has 1 heterocycles. The number of hydrogen-bond acceptors (Lipinski definition) is 4. The maximum atomic E-state index is 4.51. The molecule has 1 aromatic rings. The standard InChI is InChI=1S/C15H24N4/c1-2-8-16-15-17-9-7-14(19-15)18-10-13(11-3-4-11)12-5-6-12/h7,9,11-13H,2-6,8,10H2,1H3,(H2,16,17,18,19). The first kappa shape index (κ1) is 12.7. The molecule has 1 aromatic heterocycles. The van der Waals surface area contributed by atoms with Crippen molar-refractivity contribution in [2.24, 2.45) is 17.8 Å². The molecule has 2 aliphatic rings. The maximum Gasteiger partial charge on any atom is 0.224 e. The molecule has 2 saturated carbocycles. The summed E-state index contributed by atoms with van der Waals surface area (Å²) in [7, 11) is 0. The summed E-state index contributed by atoms with van der Waals surface area (Å²) >= 11 is 0. The van der Waals surface area contributed by atoms with Gasteiger partial charge in [0.2, 0.25) is 5.95 Å². The molecular formula is C15H24N4. The molecule has 0 atom stereocenters.